The lowest BCUT2D eigenvalue weighted by Crippen LogP contribution is -2.20. The highest BCUT2D eigenvalue weighted by atomic mass is 35.5. The highest BCUT2D eigenvalue weighted by Gasteiger charge is 2.56. The topological polar surface area (TPSA) is 115 Å². The molecule has 2 aromatic heterocycles. The van der Waals surface area contributed by atoms with Crippen molar-refractivity contribution in [1.82, 2.24) is 20.0 Å². The summed E-state index contributed by atoms with van der Waals surface area (Å²) in [5.41, 5.74) is 5.88. The molecule has 2 aromatic carbocycles. The Hall–Kier alpha value is -4.14. The molecule has 0 radical (unpaired) electrons. The van der Waals surface area contributed by atoms with Crippen LogP contribution in [0.15, 0.2) is 42.7 Å². The van der Waals surface area contributed by atoms with Crippen LogP contribution in [-0.4, -0.2) is 26.5 Å². The quantitative estimate of drug-likeness (QED) is 0.235. The first kappa shape index (κ1) is 27.1. The SMILES string of the molecule is Cc1c(C#N)cccc1[C@H](Nc1cc(Cl)c2ncc(C#N)c(NCC(C)(C)C)c2c1)c1cn(C2(C3CC3)CC2)nn1. The van der Waals surface area contributed by atoms with Crippen molar-refractivity contribution >= 4 is 33.9 Å². The van der Waals surface area contributed by atoms with Crippen LogP contribution in [0.5, 0.6) is 0 Å². The maximum Gasteiger partial charge on any atom is 0.110 e. The van der Waals surface area contributed by atoms with Crippen LogP contribution in [0.2, 0.25) is 5.02 Å². The number of nitrogens with zero attached hydrogens (tertiary/aromatic N) is 6. The predicted molar refractivity (Wildman–Crippen MR) is 161 cm³/mol. The van der Waals surface area contributed by atoms with Crippen LogP contribution in [0.4, 0.5) is 11.4 Å². The van der Waals surface area contributed by atoms with Crippen LogP contribution in [0.25, 0.3) is 10.9 Å². The number of anilines is 2. The molecule has 0 aliphatic heterocycles. The van der Waals surface area contributed by atoms with E-state index in [0.717, 1.165) is 40.7 Å². The van der Waals surface area contributed by atoms with Gasteiger partial charge in [0.2, 0.25) is 0 Å². The zero-order valence-corrected chi connectivity index (χ0v) is 24.5. The Kier molecular flexibility index (Phi) is 6.63. The summed E-state index contributed by atoms with van der Waals surface area (Å²) in [4.78, 5) is 4.51. The molecule has 4 aromatic rings. The third-order valence-electron chi connectivity index (χ3n) is 8.32. The van der Waals surface area contributed by atoms with E-state index in [2.05, 4.69) is 69.7 Å². The van der Waals surface area contributed by atoms with E-state index in [1.807, 2.05) is 37.3 Å². The summed E-state index contributed by atoms with van der Waals surface area (Å²) in [6.07, 6.45) is 8.41. The molecular weight excluding hydrogens is 532 g/mol. The molecule has 0 amide bonds. The van der Waals surface area contributed by atoms with Crippen LogP contribution < -0.4 is 10.6 Å². The molecule has 0 spiro atoms. The summed E-state index contributed by atoms with van der Waals surface area (Å²) >= 11 is 6.80. The number of rotatable bonds is 8. The summed E-state index contributed by atoms with van der Waals surface area (Å²) < 4.78 is 2.07. The minimum atomic E-state index is -0.376. The van der Waals surface area contributed by atoms with Crippen LogP contribution in [0.1, 0.15) is 80.4 Å². The Morgan fingerprint density at radius 1 is 1.15 bits per heavy atom. The fraction of sp³-hybridized carbons (Fsp3) is 0.406. The van der Waals surface area contributed by atoms with Gasteiger partial charge in [-0.05, 0) is 73.3 Å². The molecule has 0 bridgehead atoms. The van der Waals surface area contributed by atoms with Crippen molar-refractivity contribution < 1.29 is 0 Å². The van der Waals surface area contributed by atoms with Gasteiger partial charge in [0.1, 0.15) is 11.8 Å². The number of fused-ring (bicyclic) bond motifs is 1. The molecule has 2 N–H and O–H groups in total. The molecule has 8 nitrogen and oxygen atoms in total. The first-order valence-corrected chi connectivity index (χ1v) is 14.5. The van der Waals surface area contributed by atoms with Gasteiger partial charge in [-0.3, -0.25) is 4.98 Å². The Balaban J connectivity index is 1.45. The lowest BCUT2D eigenvalue weighted by Gasteiger charge is -2.23. The number of nitrogens with one attached hydrogen (secondary N) is 2. The molecule has 2 aliphatic carbocycles. The Morgan fingerprint density at radius 3 is 2.56 bits per heavy atom. The molecular formula is C32H33ClN8. The predicted octanol–water partition coefficient (Wildman–Crippen LogP) is 7.09. The highest BCUT2D eigenvalue weighted by Crippen LogP contribution is 2.59. The molecule has 41 heavy (non-hydrogen) atoms. The number of halogens is 1. The second-order valence-corrected chi connectivity index (χ2v) is 13.0. The average molecular weight is 565 g/mol. The molecule has 2 fully saturated rings. The van der Waals surface area contributed by atoms with E-state index in [-0.39, 0.29) is 17.0 Å². The van der Waals surface area contributed by atoms with E-state index in [1.54, 1.807) is 6.20 Å². The molecule has 2 aliphatic rings. The first-order chi connectivity index (χ1) is 19.6. The van der Waals surface area contributed by atoms with E-state index in [0.29, 0.717) is 39.8 Å². The third-order valence-corrected chi connectivity index (χ3v) is 8.61. The van der Waals surface area contributed by atoms with Crippen molar-refractivity contribution in [3.63, 3.8) is 0 Å². The van der Waals surface area contributed by atoms with Crippen molar-refractivity contribution in [2.24, 2.45) is 11.3 Å². The highest BCUT2D eigenvalue weighted by molar-refractivity contribution is 6.35. The minimum absolute atomic E-state index is 0.00155. The van der Waals surface area contributed by atoms with Crippen molar-refractivity contribution in [3.05, 3.63) is 75.7 Å². The molecule has 2 saturated carbocycles. The molecule has 1 atom stereocenters. The van der Waals surface area contributed by atoms with Gasteiger partial charge < -0.3 is 10.6 Å². The number of benzene rings is 2. The van der Waals surface area contributed by atoms with Crippen molar-refractivity contribution in [2.45, 2.75) is 65.0 Å². The standard InChI is InChI=1S/C32H33ClN8/c1-19-20(14-34)6-5-7-24(19)30(27-17-41(40-39-27)32(10-11-32)22-8-9-22)38-23-12-25-28(37-18-31(2,3)4)21(15-35)16-36-29(25)26(33)13-23/h5-7,12-13,16-17,22,30,38H,8-11,18H2,1-4H3,(H,36,37)/t30-/m0/s1. The van der Waals surface area contributed by atoms with Crippen LogP contribution in [0, 0.1) is 40.9 Å². The fourth-order valence-corrected chi connectivity index (χ4v) is 6.00. The van der Waals surface area contributed by atoms with Crippen LogP contribution in [-0.2, 0) is 5.54 Å². The molecule has 0 saturated heterocycles. The maximum absolute atomic E-state index is 9.86. The third kappa shape index (κ3) is 5.09. The zero-order valence-electron chi connectivity index (χ0n) is 23.8. The molecule has 0 unspecified atom stereocenters. The minimum Gasteiger partial charge on any atom is -0.383 e. The van der Waals surface area contributed by atoms with Gasteiger partial charge in [-0.25, -0.2) is 4.68 Å². The smallest absolute Gasteiger partial charge is 0.110 e. The normalized spacial score (nSPS) is 16.6. The Labute approximate surface area is 245 Å². The summed E-state index contributed by atoms with van der Waals surface area (Å²) in [6, 6.07) is 13.8. The lowest BCUT2D eigenvalue weighted by atomic mass is 9.95. The Bertz CT molecular complexity index is 1730. The van der Waals surface area contributed by atoms with E-state index >= 15 is 0 Å². The number of hydrogen-bond acceptors (Lipinski definition) is 7. The van der Waals surface area contributed by atoms with Gasteiger partial charge in [0.05, 0.1) is 51.2 Å². The van der Waals surface area contributed by atoms with Crippen molar-refractivity contribution in [1.29, 1.82) is 10.5 Å². The van der Waals surface area contributed by atoms with Gasteiger partial charge in [-0.15, -0.1) is 5.10 Å². The van der Waals surface area contributed by atoms with E-state index < -0.39 is 0 Å². The number of nitriles is 2. The summed E-state index contributed by atoms with van der Waals surface area (Å²) in [5, 5.41) is 37.2. The van der Waals surface area contributed by atoms with Gasteiger partial charge in [0, 0.05) is 23.8 Å². The molecule has 9 heteroatoms. The molecule has 6 rings (SSSR count). The molecule has 2 heterocycles. The fourth-order valence-electron chi connectivity index (χ4n) is 5.74. The average Bonchev–Trinajstić information content (AvgIpc) is 3.87. The van der Waals surface area contributed by atoms with Gasteiger partial charge in [0.25, 0.3) is 0 Å². The second kappa shape index (κ2) is 10.0. The number of hydrogen-bond donors (Lipinski definition) is 2. The van der Waals surface area contributed by atoms with Crippen LogP contribution >= 0.6 is 11.6 Å². The first-order valence-electron chi connectivity index (χ1n) is 14.1. The number of aromatic nitrogens is 4. The summed E-state index contributed by atoms with van der Waals surface area (Å²) in [7, 11) is 0. The van der Waals surface area contributed by atoms with Gasteiger partial charge in [-0.2, -0.15) is 10.5 Å². The van der Waals surface area contributed by atoms with E-state index in [1.165, 1.54) is 12.8 Å². The van der Waals surface area contributed by atoms with Gasteiger partial charge in [-0.1, -0.05) is 49.7 Å². The van der Waals surface area contributed by atoms with Gasteiger partial charge in [0.15, 0.2) is 0 Å². The second-order valence-electron chi connectivity index (χ2n) is 12.6. The van der Waals surface area contributed by atoms with Crippen LogP contribution in [0.3, 0.4) is 0 Å². The number of pyridine rings is 1. The monoisotopic (exact) mass is 564 g/mol. The Morgan fingerprint density at radius 2 is 1.90 bits per heavy atom. The van der Waals surface area contributed by atoms with E-state index in [4.69, 9.17) is 11.6 Å². The lowest BCUT2D eigenvalue weighted by molar-refractivity contribution is 0.371. The zero-order chi connectivity index (χ0) is 28.9. The summed E-state index contributed by atoms with van der Waals surface area (Å²) in [5.74, 6) is 0.687. The molecule has 208 valence electrons. The maximum atomic E-state index is 9.86. The largest absolute Gasteiger partial charge is 0.383 e. The van der Waals surface area contributed by atoms with E-state index in [9.17, 15) is 10.5 Å². The van der Waals surface area contributed by atoms with Crippen molar-refractivity contribution in [3.8, 4) is 12.1 Å². The summed E-state index contributed by atoms with van der Waals surface area (Å²) in [6.45, 7) is 9.05. The van der Waals surface area contributed by atoms with Crippen molar-refractivity contribution in [2.75, 3.05) is 17.2 Å². The van der Waals surface area contributed by atoms with Gasteiger partial charge >= 0.3 is 0 Å².